The molecule has 1 aliphatic carbocycles. The van der Waals surface area contributed by atoms with Gasteiger partial charge in [-0.25, -0.2) is 4.39 Å². The third-order valence-corrected chi connectivity index (χ3v) is 3.34. The number of hydrogen-bond donors (Lipinski definition) is 2. The fraction of sp³-hybridized carbons (Fsp3) is 0.364. The quantitative estimate of drug-likeness (QED) is 0.836. The van der Waals surface area contributed by atoms with Crippen LogP contribution in [0, 0.1) is 5.82 Å². The third kappa shape index (κ3) is 1.49. The van der Waals surface area contributed by atoms with Gasteiger partial charge in [0.15, 0.2) is 0 Å². The van der Waals surface area contributed by atoms with Gasteiger partial charge in [0, 0.05) is 5.56 Å². The predicted octanol–water partition coefficient (Wildman–Crippen LogP) is 1.96. The van der Waals surface area contributed by atoms with Gasteiger partial charge in [0.05, 0.1) is 11.1 Å². The molecule has 1 aromatic rings. The molecule has 0 bridgehead atoms. The molecule has 0 aliphatic heterocycles. The van der Waals surface area contributed by atoms with Gasteiger partial charge in [0.2, 0.25) is 0 Å². The fourth-order valence-electron chi connectivity index (χ4n) is 2.13. The molecule has 0 heterocycles. The van der Waals surface area contributed by atoms with Crippen LogP contribution in [0.1, 0.15) is 18.4 Å². The average Bonchev–Trinajstić information content (AvgIpc) is 2.17. The van der Waals surface area contributed by atoms with Crippen molar-refractivity contribution in [2.45, 2.75) is 24.4 Å². The average molecular weight is 245 g/mol. The fourth-order valence-corrected chi connectivity index (χ4v) is 2.30. The molecule has 1 saturated carbocycles. The van der Waals surface area contributed by atoms with Gasteiger partial charge in [-0.1, -0.05) is 23.7 Å². The van der Waals surface area contributed by atoms with E-state index in [2.05, 4.69) is 0 Å². The van der Waals surface area contributed by atoms with Crippen molar-refractivity contribution in [3.8, 4) is 0 Å². The molecule has 5 heteroatoms. The summed E-state index contributed by atoms with van der Waals surface area (Å²) in [4.78, 5) is 11.2. The van der Waals surface area contributed by atoms with Crippen molar-refractivity contribution in [2.75, 3.05) is 0 Å². The van der Waals surface area contributed by atoms with Crippen LogP contribution in [-0.4, -0.2) is 22.3 Å². The van der Waals surface area contributed by atoms with Gasteiger partial charge in [-0.15, -0.1) is 0 Å². The van der Waals surface area contributed by atoms with Crippen LogP contribution in [0.25, 0.3) is 0 Å². The number of benzene rings is 1. The van der Waals surface area contributed by atoms with Crippen molar-refractivity contribution < 1.29 is 19.4 Å². The highest BCUT2D eigenvalue weighted by atomic mass is 35.5. The molecule has 2 rings (SSSR count). The number of halogens is 2. The zero-order valence-electron chi connectivity index (χ0n) is 8.28. The molecule has 0 spiro atoms. The Labute approximate surface area is 96.5 Å². The summed E-state index contributed by atoms with van der Waals surface area (Å²) in [5.74, 6) is -1.84. The minimum absolute atomic E-state index is 0.0274. The van der Waals surface area contributed by atoms with E-state index in [1.54, 1.807) is 0 Å². The van der Waals surface area contributed by atoms with Crippen molar-refractivity contribution in [3.05, 3.63) is 34.6 Å². The second-order valence-electron chi connectivity index (χ2n) is 4.05. The van der Waals surface area contributed by atoms with Crippen molar-refractivity contribution in [1.29, 1.82) is 0 Å². The lowest BCUT2D eigenvalue weighted by Crippen LogP contribution is -2.51. The minimum atomic E-state index is -1.32. The summed E-state index contributed by atoms with van der Waals surface area (Å²) < 4.78 is 13.7. The molecule has 3 nitrogen and oxygen atoms in total. The zero-order valence-corrected chi connectivity index (χ0v) is 9.04. The van der Waals surface area contributed by atoms with E-state index in [0.29, 0.717) is 0 Å². The van der Waals surface area contributed by atoms with Crippen molar-refractivity contribution in [3.63, 3.8) is 0 Å². The van der Waals surface area contributed by atoms with Gasteiger partial charge in [-0.3, -0.25) is 4.79 Å². The molecule has 0 aromatic heterocycles. The molecule has 0 unspecified atom stereocenters. The van der Waals surface area contributed by atoms with E-state index in [0.717, 1.165) is 0 Å². The molecule has 0 amide bonds. The molecular formula is C11H10ClFO3. The van der Waals surface area contributed by atoms with Crippen LogP contribution < -0.4 is 0 Å². The van der Waals surface area contributed by atoms with Gasteiger partial charge in [-0.2, -0.15) is 0 Å². The SMILES string of the molecule is O=C(O)[C@]1(c2cccc(Cl)c2F)C[C@H](O)C1. The number of aliphatic hydroxyl groups is 1. The monoisotopic (exact) mass is 244 g/mol. The van der Waals surface area contributed by atoms with E-state index in [1.165, 1.54) is 18.2 Å². The Kier molecular flexibility index (Phi) is 2.64. The first-order chi connectivity index (χ1) is 7.47. The van der Waals surface area contributed by atoms with Crippen molar-refractivity contribution >= 4 is 17.6 Å². The summed E-state index contributed by atoms with van der Waals surface area (Å²) in [5.41, 5.74) is -1.27. The number of carbonyl (C=O) groups is 1. The van der Waals surface area contributed by atoms with Crippen LogP contribution in [0.2, 0.25) is 5.02 Å². The van der Waals surface area contributed by atoms with E-state index < -0.39 is 23.3 Å². The first-order valence-electron chi connectivity index (χ1n) is 4.83. The number of carboxylic acid groups (broad SMARTS) is 1. The number of hydrogen-bond acceptors (Lipinski definition) is 2. The van der Waals surface area contributed by atoms with Crippen molar-refractivity contribution in [2.24, 2.45) is 0 Å². The van der Waals surface area contributed by atoms with E-state index in [-0.39, 0.29) is 23.4 Å². The predicted molar refractivity (Wildman–Crippen MR) is 56.0 cm³/mol. The Balaban J connectivity index is 2.49. The lowest BCUT2D eigenvalue weighted by atomic mass is 9.62. The second kappa shape index (κ2) is 3.71. The van der Waals surface area contributed by atoms with E-state index in [9.17, 15) is 14.3 Å². The first-order valence-corrected chi connectivity index (χ1v) is 5.21. The standard InChI is InChI=1S/C11H10ClFO3/c12-8-3-1-2-7(9(8)13)11(10(15)16)4-6(14)5-11/h1-3,6,14H,4-5H2,(H,15,16)/t6-,11+. The lowest BCUT2D eigenvalue weighted by molar-refractivity contribution is -0.153. The van der Waals surface area contributed by atoms with E-state index in [4.69, 9.17) is 16.7 Å². The van der Waals surface area contributed by atoms with E-state index in [1.807, 2.05) is 0 Å². The summed E-state index contributed by atoms with van der Waals surface area (Å²) in [7, 11) is 0. The number of carboxylic acids is 1. The smallest absolute Gasteiger partial charge is 0.314 e. The third-order valence-electron chi connectivity index (χ3n) is 3.04. The first kappa shape index (κ1) is 11.4. The maximum Gasteiger partial charge on any atom is 0.314 e. The van der Waals surface area contributed by atoms with Crippen LogP contribution in [0.15, 0.2) is 18.2 Å². The normalized spacial score (nSPS) is 28.6. The molecule has 0 radical (unpaired) electrons. The summed E-state index contributed by atoms with van der Waals surface area (Å²) in [6, 6.07) is 4.28. The minimum Gasteiger partial charge on any atom is -0.481 e. The van der Waals surface area contributed by atoms with Gasteiger partial charge < -0.3 is 10.2 Å². The highest BCUT2D eigenvalue weighted by Crippen LogP contribution is 2.45. The second-order valence-corrected chi connectivity index (χ2v) is 4.46. The maximum absolute atomic E-state index is 13.7. The molecule has 2 N–H and O–H groups in total. The topological polar surface area (TPSA) is 57.5 Å². The van der Waals surface area contributed by atoms with Gasteiger partial charge in [-0.05, 0) is 18.9 Å². The lowest BCUT2D eigenvalue weighted by Gasteiger charge is -2.42. The summed E-state index contributed by atoms with van der Waals surface area (Å²) in [5, 5.41) is 18.3. The molecule has 1 aliphatic rings. The Morgan fingerprint density at radius 2 is 2.12 bits per heavy atom. The highest BCUT2D eigenvalue weighted by Gasteiger charge is 2.52. The van der Waals surface area contributed by atoms with Gasteiger partial charge >= 0.3 is 5.97 Å². The highest BCUT2D eigenvalue weighted by molar-refractivity contribution is 6.30. The van der Waals surface area contributed by atoms with Crippen LogP contribution in [0.5, 0.6) is 0 Å². The number of aliphatic carboxylic acids is 1. The number of rotatable bonds is 2. The molecular weight excluding hydrogens is 235 g/mol. The Hall–Kier alpha value is -1.13. The van der Waals surface area contributed by atoms with Gasteiger partial charge in [0.1, 0.15) is 11.2 Å². The Morgan fingerprint density at radius 3 is 2.62 bits per heavy atom. The van der Waals surface area contributed by atoms with Crippen LogP contribution in [0.3, 0.4) is 0 Å². The van der Waals surface area contributed by atoms with Crippen molar-refractivity contribution in [1.82, 2.24) is 0 Å². The number of aliphatic hydroxyl groups excluding tert-OH is 1. The molecule has 0 saturated heterocycles. The molecule has 86 valence electrons. The zero-order chi connectivity index (χ0) is 11.9. The summed E-state index contributed by atoms with van der Waals surface area (Å²) in [6.07, 6.45) is -0.631. The van der Waals surface area contributed by atoms with Crippen LogP contribution in [0.4, 0.5) is 4.39 Å². The molecule has 16 heavy (non-hydrogen) atoms. The summed E-state index contributed by atoms with van der Waals surface area (Å²) in [6.45, 7) is 0. The van der Waals surface area contributed by atoms with Crippen LogP contribution >= 0.6 is 11.6 Å². The largest absolute Gasteiger partial charge is 0.481 e. The molecule has 1 aromatic carbocycles. The Bertz CT molecular complexity index is 441. The van der Waals surface area contributed by atoms with E-state index >= 15 is 0 Å². The van der Waals surface area contributed by atoms with Gasteiger partial charge in [0.25, 0.3) is 0 Å². The summed E-state index contributed by atoms with van der Waals surface area (Å²) >= 11 is 5.61. The molecule has 0 atom stereocenters. The Morgan fingerprint density at radius 1 is 1.50 bits per heavy atom. The molecule has 1 fully saturated rings. The maximum atomic E-state index is 13.7. The van der Waals surface area contributed by atoms with Crippen LogP contribution in [-0.2, 0) is 10.2 Å².